The minimum absolute atomic E-state index is 0.0461. The van der Waals surface area contributed by atoms with E-state index in [9.17, 15) is 18.0 Å². The van der Waals surface area contributed by atoms with Crippen molar-refractivity contribution in [2.45, 2.75) is 19.6 Å². The molecule has 0 atom stereocenters. The number of nitrogen functional groups attached to an aromatic ring is 1. The maximum absolute atomic E-state index is 13.6. The number of amides is 1. The quantitative estimate of drug-likeness (QED) is 0.704. The van der Waals surface area contributed by atoms with Crippen LogP contribution in [0.4, 0.5) is 18.9 Å². The molecule has 0 radical (unpaired) electrons. The van der Waals surface area contributed by atoms with Gasteiger partial charge in [0, 0.05) is 17.3 Å². The van der Waals surface area contributed by atoms with Crippen LogP contribution in [0.15, 0.2) is 48.7 Å². The van der Waals surface area contributed by atoms with Crippen LogP contribution in [0, 0.1) is 0 Å². The second-order valence-corrected chi connectivity index (χ2v) is 6.06. The largest absolute Gasteiger partial charge is 0.418 e. The summed E-state index contributed by atoms with van der Waals surface area (Å²) in [7, 11) is 0. The van der Waals surface area contributed by atoms with Crippen LogP contribution >= 0.6 is 0 Å². The third-order valence-electron chi connectivity index (χ3n) is 4.02. The summed E-state index contributed by atoms with van der Waals surface area (Å²) < 4.78 is 40.7. The van der Waals surface area contributed by atoms with Gasteiger partial charge in [-0.15, -0.1) is 0 Å². The number of nitrogens with zero attached hydrogens (tertiary/aromatic N) is 2. The van der Waals surface area contributed by atoms with Gasteiger partial charge in [0.15, 0.2) is 0 Å². The first-order chi connectivity index (χ1) is 13.3. The number of carbonyl (C=O) groups is 1. The number of nitrogens with two attached hydrogens (primary N) is 1. The van der Waals surface area contributed by atoms with Crippen molar-refractivity contribution < 1.29 is 18.0 Å². The zero-order valence-electron chi connectivity index (χ0n) is 14.9. The Morgan fingerprint density at radius 1 is 1.25 bits per heavy atom. The van der Waals surface area contributed by atoms with Crippen LogP contribution in [0.1, 0.15) is 34.2 Å². The number of fused-ring (bicyclic) bond motifs is 1. The molecule has 3 N–H and O–H groups in total. The van der Waals surface area contributed by atoms with Gasteiger partial charge in [-0.2, -0.15) is 13.2 Å². The van der Waals surface area contributed by atoms with E-state index < -0.39 is 17.6 Å². The van der Waals surface area contributed by atoms with Gasteiger partial charge in [0.25, 0.3) is 5.91 Å². The maximum atomic E-state index is 13.6. The van der Waals surface area contributed by atoms with E-state index >= 15 is 0 Å². The number of nitrogens with one attached hydrogen (secondary N) is 1. The monoisotopic (exact) mass is 386 g/mol. The summed E-state index contributed by atoms with van der Waals surface area (Å²) in [5, 5.41) is 2.73. The molecule has 0 saturated carbocycles. The third-order valence-corrected chi connectivity index (χ3v) is 4.02. The normalized spacial score (nSPS) is 11.9. The Morgan fingerprint density at radius 3 is 2.68 bits per heavy atom. The number of allylic oxidation sites excluding steroid dienone is 1. The molecule has 0 spiro atoms. The molecule has 3 rings (SSSR count). The summed E-state index contributed by atoms with van der Waals surface area (Å²) in [4.78, 5) is 20.4. The van der Waals surface area contributed by atoms with Crippen LogP contribution < -0.4 is 11.1 Å². The number of benzene rings is 1. The topological polar surface area (TPSA) is 80.9 Å². The van der Waals surface area contributed by atoms with Gasteiger partial charge >= 0.3 is 6.18 Å². The molecule has 0 aliphatic carbocycles. The highest BCUT2D eigenvalue weighted by Crippen LogP contribution is 2.37. The van der Waals surface area contributed by atoms with Crippen molar-refractivity contribution in [3.05, 3.63) is 71.2 Å². The van der Waals surface area contributed by atoms with Crippen molar-refractivity contribution >= 4 is 28.6 Å². The highest BCUT2D eigenvalue weighted by molar-refractivity contribution is 6.00. The van der Waals surface area contributed by atoms with Gasteiger partial charge in [-0.1, -0.05) is 18.2 Å². The first kappa shape index (κ1) is 19.3. The number of carbonyl (C=O) groups excluding carboxylic acids is 1. The Hall–Kier alpha value is -3.42. The predicted octanol–water partition coefficient (Wildman–Crippen LogP) is 4.19. The molecule has 0 unspecified atom stereocenters. The van der Waals surface area contributed by atoms with E-state index in [-0.39, 0.29) is 28.8 Å². The summed E-state index contributed by atoms with van der Waals surface area (Å²) in [6.45, 7) is 1.82. The fraction of sp³-hybridized carbons (Fsp3) is 0.150. The summed E-state index contributed by atoms with van der Waals surface area (Å²) in [5.74, 6) is -0.634. The zero-order chi connectivity index (χ0) is 20.3. The van der Waals surface area contributed by atoms with E-state index in [2.05, 4.69) is 15.3 Å². The van der Waals surface area contributed by atoms with Crippen LogP contribution in [-0.4, -0.2) is 15.9 Å². The number of rotatable bonds is 4. The van der Waals surface area contributed by atoms with Gasteiger partial charge < -0.3 is 11.1 Å². The van der Waals surface area contributed by atoms with Crippen molar-refractivity contribution in [1.29, 1.82) is 0 Å². The minimum atomic E-state index is -4.64. The van der Waals surface area contributed by atoms with Crippen molar-refractivity contribution in [1.82, 2.24) is 15.3 Å². The second-order valence-electron chi connectivity index (χ2n) is 6.06. The van der Waals surface area contributed by atoms with E-state index in [0.29, 0.717) is 11.3 Å². The van der Waals surface area contributed by atoms with Gasteiger partial charge in [-0.3, -0.25) is 9.78 Å². The minimum Gasteiger partial charge on any atom is -0.398 e. The number of halogens is 3. The average Bonchev–Trinajstić information content (AvgIpc) is 2.66. The first-order valence-electron chi connectivity index (χ1n) is 8.42. The molecule has 2 aromatic heterocycles. The van der Waals surface area contributed by atoms with Gasteiger partial charge in [0.2, 0.25) is 0 Å². The molecule has 0 aliphatic heterocycles. The molecule has 0 fully saturated rings. The lowest BCUT2D eigenvalue weighted by molar-refractivity contribution is -0.136. The lowest BCUT2D eigenvalue weighted by atomic mass is 10.0. The van der Waals surface area contributed by atoms with Gasteiger partial charge in [0.1, 0.15) is 5.69 Å². The van der Waals surface area contributed by atoms with Crippen LogP contribution in [0.2, 0.25) is 0 Å². The van der Waals surface area contributed by atoms with Crippen molar-refractivity contribution in [3.63, 3.8) is 0 Å². The van der Waals surface area contributed by atoms with Crippen LogP contribution in [0.5, 0.6) is 0 Å². The van der Waals surface area contributed by atoms with Crippen LogP contribution in [0.25, 0.3) is 17.0 Å². The maximum Gasteiger partial charge on any atom is 0.418 e. The molecule has 2 heterocycles. The predicted molar refractivity (Wildman–Crippen MR) is 101 cm³/mol. The Kier molecular flexibility index (Phi) is 5.30. The zero-order valence-corrected chi connectivity index (χ0v) is 14.9. The fourth-order valence-corrected chi connectivity index (χ4v) is 2.76. The number of anilines is 1. The Bertz CT molecular complexity index is 1050. The second kappa shape index (κ2) is 7.67. The van der Waals surface area contributed by atoms with Crippen molar-refractivity contribution in [2.75, 3.05) is 5.73 Å². The molecule has 3 aromatic rings. The molecule has 0 aliphatic rings. The van der Waals surface area contributed by atoms with Gasteiger partial charge in [0.05, 0.1) is 23.3 Å². The first-order valence-corrected chi connectivity index (χ1v) is 8.42. The number of pyridine rings is 2. The van der Waals surface area contributed by atoms with E-state index in [1.54, 1.807) is 43.5 Å². The number of hydrogen-bond acceptors (Lipinski definition) is 4. The summed E-state index contributed by atoms with van der Waals surface area (Å²) >= 11 is 0. The molecule has 8 heteroatoms. The fourth-order valence-electron chi connectivity index (χ4n) is 2.76. The Morgan fingerprint density at radius 2 is 2.04 bits per heavy atom. The van der Waals surface area contributed by atoms with Crippen molar-refractivity contribution in [2.24, 2.45) is 0 Å². The summed E-state index contributed by atoms with van der Waals surface area (Å²) in [6, 6.07) is 8.99. The van der Waals surface area contributed by atoms with E-state index in [0.717, 1.165) is 6.07 Å². The molecular weight excluding hydrogens is 369 g/mol. The lowest BCUT2D eigenvalue weighted by Gasteiger charge is -2.14. The smallest absolute Gasteiger partial charge is 0.398 e. The summed E-state index contributed by atoms with van der Waals surface area (Å²) in [5.41, 5.74) is 5.47. The standard InChI is InChI=1S/C20H17F3N4O/c1-2-5-12-8-14-16(24)10-17(27-18(14)15(9-12)20(21,22)23)19(28)26-11-13-6-3-4-7-25-13/h2-10H,11H2,1H3,(H2,24,27)(H,26,28)/b5-2+. The number of aromatic nitrogens is 2. The van der Waals surface area contributed by atoms with Crippen molar-refractivity contribution in [3.8, 4) is 0 Å². The Balaban J connectivity index is 2.03. The van der Waals surface area contributed by atoms with E-state index in [1.165, 1.54) is 12.1 Å². The average molecular weight is 386 g/mol. The molecule has 5 nitrogen and oxygen atoms in total. The molecule has 0 saturated heterocycles. The Labute approximate surface area is 159 Å². The highest BCUT2D eigenvalue weighted by atomic mass is 19.4. The van der Waals surface area contributed by atoms with Crippen LogP contribution in [-0.2, 0) is 12.7 Å². The number of hydrogen-bond donors (Lipinski definition) is 2. The number of alkyl halides is 3. The third kappa shape index (κ3) is 4.11. The molecule has 144 valence electrons. The van der Waals surface area contributed by atoms with E-state index in [1.807, 2.05) is 0 Å². The molecule has 0 bridgehead atoms. The molecule has 28 heavy (non-hydrogen) atoms. The highest BCUT2D eigenvalue weighted by Gasteiger charge is 2.34. The SMILES string of the molecule is C/C=C/c1cc(C(F)(F)F)c2nc(C(=O)NCc3ccccn3)cc(N)c2c1. The molecule has 1 amide bonds. The van der Waals surface area contributed by atoms with Gasteiger partial charge in [-0.05, 0) is 42.8 Å². The van der Waals surface area contributed by atoms with E-state index in [4.69, 9.17) is 5.73 Å². The molecular formula is C20H17F3N4O. The lowest BCUT2D eigenvalue weighted by Crippen LogP contribution is -2.24. The molecule has 1 aromatic carbocycles. The van der Waals surface area contributed by atoms with Crippen LogP contribution in [0.3, 0.4) is 0 Å². The summed E-state index contributed by atoms with van der Waals surface area (Å²) in [6.07, 6.45) is 0.107. The van der Waals surface area contributed by atoms with Gasteiger partial charge in [-0.25, -0.2) is 4.98 Å².